The number of nitrogens with zero attached hydrogens (tertiary/aromatic N) is 2. The molecule has 0 radical (unpaired) electrons. The monoisotopic (exact) mass is 354 g/mol. The van der Waals surface area contributed by atoms with E-state index < -0.39 is 5.97 Å². The van der Waals surface area contributed by atoms with Gasteiger partial charge in [0.2, 0.25) is 0 Å². The van der Waals surface area contributed by atoms with E-state index in [2.05, 4.69) is 4.98 Å². The van der Waals surface area contributed by atoms with Crippen LogP contribution in [0.5, 0.6) is 11.5 Å². The van der Waals surface area contributed by atoms with Gasteiger partial charge < -0.3 is 14.2 Å². The van der Waals surface area contributed by atoms with Crippen molar-refractivity contribution in [2.24, 2.45) is 0 Å². The Morgan fingerprint density at radius 1 is 1.15 bits per heavy atom. The van der Waals surface area contributed by atoms with Gasteiger partial charge in [0.15, 0.2) is 0 Å². The number of hydrogen-bond acceptors (Lipinski definition) is 6. The molecule has 0 aliphatic carbocycles. The molecular weight excluding hydrogens is 336 g/mol. The van der Waals surface area contributed by atoms with Crippen molar-refractivity contribution in [3.05, 3.63) is 69.8 Å². The molecule has 0 spiro atoms. The maximum absolute atomic E-state index is 12.2. The first-order valence-electron chi connectivity index (χ1n) is 7.90. The van der Waals surface area contributed by atoms with Gasteiger partial charge in [-0.25, -0.2) is 9.78 Å². The van der Waals surface area contributed by atoms with E-state index in [9.17, 15) is 9.59 Å². The van der Waals surface area contributed by atoms with Crippen LogP contribution >= 0.6 is 0 Å². The van der Waals surface area contributed by atoms with Crippen molar-refractivity contribution >= 4 is 11.6 Å². The van der Waals surface area contributed by atoms with Gasteiger partial charge in [0.1, 0.15) is 29.3 Å². The van der Waals surface area contributed by atoms with Gasteiger partial charge in [-0.3, -0.25) is 9.20 Å². The summed E-state index contributed by atoms with van der Waals surface area (Å²) in [7, 11) is 2.82. The van der Waals surface area contributed by atoms with Crippen LogP contribution in [0, 0.1) is 6.92 Å². The van der Waals surface area contributed by atoms with Gasteiger partial charge in [-0.1, -0.05) is 0 Å². The molecule has 7 nitrogen and oxygen atoms in total. The summed E-state index contributed by atoms with van der Waals surface area (Å²) >= 11 is 0. The van der Waals surface area contributed by atoms with Crippen LogP contribution in [0.25, 0.3) is 5.65 Å². The highest BCUT2D eigenvalue weighted by molar-refractivity contribution is 5.92. The number of fused-ring (bicyclic) bond motifs is 1. The molecule has 1 aromatic carbocycles. The highest BCUT2D eigenvalue weighted by atomic mass is 16.5. The van der Waals surface area contributed by atoms with E-state index in [-0.39, 0.29) is 17.7 Å². The summed E-state index contributed by atoms with van der Waals surface area (Å²) in [4.78, 5) is 28.6. The van der Waals surface area contributed by atoms with Crippen molar-refractivity contribution in [3.63, 3.8) is 0 Å². The molecule has 0 aliphatic rings. The van der Waals surface area contributed by atoms with Crippen LogP contribution in [-0.2, 0) is 11.3 Å². The number of carbonyl (C=O) groups excluding carboxylic acids is 1. The van der Waals surface area contributed by atoms with Crippen molar-refractivity contribution in [2.45, 2.75) is 13.5 Å². The summed E-state index contributed by atoms with van der Waals surface area (Å²) in [6.07, 6.45) is 1.68. The Hall–Kier alpha value is -3.35. The second-order valence-electron chi connectivity index (χ2n) is 5.66. The number of esters is 1. The molecule has 0 aliphatic heterocycles. The smallest absolute Gasteiger partial charge is 0.341 e. The van der Waals surface area contributed by atoms with Crippen molar-refractivity contribution in [1.29, 1.82) is 0 Å². The van der Waals surface area contributed by atoms with Gasteiger partial charge in [0, 0.05) is 18.3 Å². The van der Waals surface area contributed by atoms with Crippen molar-refractivity contribution in [3.8, 4) is 11.5 Å². The number of pyridine rings is 1. The van der Waals surface area contributed by atoms with Crippen molar-refractivity contribution < 1.29 is 19.0 Å². The minimum Gasteiger partial charge on any atom is -0.497 e. The van der Waals surface area contributed by atoms with Crippen LogP contribution in [0.4, 0.5) is 0 Å². The highest BCUT2D eigenvalue weighted by Gasteiger charge is 2.15. The molecule has 0 bridgehead atoms. The lowest BCUT2D eigenvalue weighted by Crippen LogP contribution is -2.16. The quantitative estimate of drug-likeness (QED) is 0.655. The van der Waals surface area contributed by atoms with Crippen LogP contribution in [0.15, 0.2) is 47.4 Å². The molecule has 0 atom stereocenters. The number of ether oxygens (including phenoxy) is 3. The van der Waals surface area contributed by atoms with E-state index in [0.29, 0.717) is 22.8 Å². The number of aryl methyl sites for hydroxylation is 1. The normalized spacial score (nSPS) is 10.6. The number of rotatable bonds is 5. The summed E-state index contributed by atoms with van der Waals surface area (Å²) in [6, 6.07) is 9.85. The number of methoxy groups -OCH3 is 2. The average Bonchev–Trinajstić information content (AvgIpc) is 2.65. The van der Waals surface area contributed by atoms with Crippen molar-refractivity contribution in [2.75, 3.05) is 14.2 Å². The molecule has 0 amide bonds. The molecule has 134 valence electrons. The van der Waals surface area contributed by atoms with Crippen molar-refractivity contribution in [1.82, 2.24) is 9.38 Å². The van der Waals surface area contributed by atoms with Crippen LogP contribution in [-0.4, -0.2) is 29.6 Å². The zero-order valence-corrected chi connectivity index (χ0v) is 14.7. The maximum Gasteiger partial charge on any atom is 0.341 e. The van der Waals surface area contributed by atoms with E-state index >= 15 is 0 Å². The Kier molecular flexibility index (Phi) is 4.88. The SMILES string of the molecule is COC(=O)c1ccc(OC)cc1OCc1cc(=O)n2ccc(C)cc2n1. The van der Waals surface area contributed by atoms with Gasteiger partial charge in [-0.15, -0.1) is 0 Å². The first-order chi connectivity index (χ1) is 12.5. The van der Waals surface area contributed by atoms with Gasteiger partial charge in [-0.2, -0.15) is 0 Å². The molecule has 3 aromatic rings. The number of hydrogen-bond donors (Lipinski definition) is 0. The largest absolute Gasteiger partial charge is 0.497 e. The Balaban J connectivity index is 1.92. The zero-order chi connectivity index (χ0) is 18.7. The lowest BCUT2D eigenvalue weighted by Gasteiger charge is -2.12. The lowest BCUT2D eigenvalue weighted by atomic mass is 10.2. The molecule has 0 saturated carbocycles. The molecule has 0 fully saturated rings. The second kappa shape index (κ2) is 7.26. The summed E-state index contributed by atoms with van der Waals surface area (Å²) in [5, 5.41) is 0. The topological polar surface area (TPSA) is 79.1 Å². The predicted octanol–water partition coefficient (Wildman–Crippen LogP) is 2.38. The summed E-state index contributed by atoms with van der Waals surface area (Å²) in [6.45, 7) is 1.95. The fraction of sp³-hybridized carbons (Fsp3) is 0.211. The fourth-order valence-corrected chi connectivity index (χ4v) is 2.51. The van der Waals surface area contributed by atoms with Crippen LogP contribution in [0.3, 0.4) is 0 Å². The zero-order valence-electron chi connectivity index (χ0n) is 14.7. The summed E-state index contributed by atoms with van der Waals surface area (Å²) in [5.74, 6) is 0.307. The van der Waals surface area contributed by atoms with Crippen LogP contribution < -0.4 is 15.0 Å². The molecule has 2 heterocycles. The Bertz CT molecular complexity index is 1030. The molecule has 2 aromatic heterocycles. The van der Waals surface area contributed by atoms with Gasteiger partial charge in [0.25, 0.3) is 5.56 Å². The Morgan fingerprint density at radius 2 is 1.96 bits per heavy atom. The number of aromatic nitrogens is 2. The molecule has 0 N–H and O–H groups in total. The van der Waals surface area contributed by atoms with E-state index in [1.807, 2.05) is 19.1 Å². The maximum atomic E-state index is 12.2. The van der Waals surface area contributed by atoms with E-state index in [1.165, 1.54) is 24.7 Å². The predicted molar refractivity (Wildman–Crippen MR) is 94.9 cm³/mol. The van der Waals surface area contributed by atoms with E-state index in [1.54, 1.807) is 24.4 Å². The Morgan fingerprint density at radius 3 is 2.69 bits per heavy atom. The minimum absolute atomic E-state index is 0.0246. The molecule has 0 unspecified atom stereocenters. The average molecular weight is 354 g/mol. The lowest BCUT2D eigenvalue weighted by molar-refractivity contribution is 0.0595. The third kappa shape index (κ3) is 3.51. The van der Waals surface area contributed by atoms with Gasteiger partial charge >= 0.3 is 5.97 Å². The van der Waals surface area contributed by atoms with Gasteiger partial charge in [-0.05, 0) is 36.8 Å². The second-order valence-corrected chi connectivity index (χ2v) is 5.66. The third-order valence-corrected chi connectivity index (χ3v) is 3.85. The third-order valence-electron chi connectivity index (χ3n) is 3.85. The molecule has 0 saturated heterocycles. The van der Waals surface area contributed by atoms with E-state index in [4.69, 9.17) is 14.2 Å². The first-order valence-corrected chi connectivity index (χ1v) is 7.90. The number of carbonyl (C=O) groups is 1. The summed E-state index contributed by atoms with van der Waals surface area (Å²) < 4.78 is 17.1. The molecule has 3 rings (SSSR count). The first kappa shape index (κ1) is 17.5. The van der Waals surface area contributed by atoms with Crippen LogP contribution in [0.2, 0.25) is 0 Å². The summed E-state index contributed by atoms with van der Waals surface area (Å²) in [5.41, 5.74) is 2.05. The fourth-order valence-electron chi connectivity index (χ4n) is 2.51. The minimum atomic E-state index is -0.523. The molecule has 26 heavy (non-hydrogen) atoms. The Labute approximate surface area is 149 Å². The highest BCUT2D eigenvalue weighted by Crippen LogP contribution is 2.26. The molecule has 7 heteroatoms. The van der Waals surface area contributed by atoms with Gasteiger partial charge in [0.05, 0.1) is 19.9 Å². The van der Waals surface area contributed by atoms with E-state index in [0.717, 1.165) is 5.56 Å². The molecular formula is C19H18N2O5. The number of benzene rings is 1. The standard InChI is InChI=1S/C19H18N2O5/c1-12-6-7-21-17(8-12)20-13(9-18(21)22)11-26-16-10-14(24-2)4-5-15(16)19(23)25-3/h4-10H,11H2,1-3H3. The van der Waals surface area contributed by atoms with Crippen LogP contribution in [0.1, 0.15) is 21.6 Å².